The molecule has 0 radical (unpaired) electrons. The predicted molar refractivity (Wildman–Crippen MR) is 76.1 cm³/mol. The van der Waals surface area contributed by atoms with Gasteiger partial charge in [0, 0.05) is 30.8 Å². The average molecular weight is 287 g/mol. The summed E-state index contributed by atoms with van der Waals surface area (Å²) in [6.45, 7) is 3.37. The molecule has 21 heavy (non-hydrogen) atoms. The molecule has 2 N–H and O–H groups in total. The standard InChI is InChI=1S/C14H17N5O2/c1-9-7-15-18-13(9)10-3-2-6-19(8-10)14(21)11-4-5-12(20)17-16-11/h4-5,7,10H,2-3,6,8H2,1H3,(H,15,18)(H,17,20)/t10-/m0/s1. The Balaban J connectivity index is 1.77. The zero-order chi connectivity index (χ0) is 14.8. The van der Waals surface area contributed by atoms with E-state index in [4.69, 9.17) is 0 Å². The highest BCUT2D eigenvalue weighted by atomic mass is 16.2. The number of carbonyl (C=O) groups is 1. The number of aromatic amines is 2. The van der Waals surface area contributed by atoms with Crippen molar-refractivity contribution in [1.29, 1.82) is 0 Å². The van der Waals surface area contributed by atoms with Crippen molar-refractivity contribution in [2.45, 2.75) is 25.7 Å². The summed E-state index contributed by atoms with van der Waals surface area (Å²) in [5.74, 6) is 0.126. The van der Waals surface area contributed by atoms with Crippen LogP contribution in [-0.4, -0.2) is 44.3 Å². The van der Waals surface area contributed by atoms with Crippen molar-refractivity contribution in [3.05, 3.63) is 45.6 Å². The quantitative estimate of drug-likeness (QED) is 0.855. The molecule has 1 saturated heterocycles. The van der Waals surface area contributed by atoms with Crippen LogP contribution in [0.5, 0.6) is 0 Å². The van der Waals surface area contributed by atoms with Crippen LogP contribution >= 0.6 is 0 Å². The van der Waals surface area contributed by atoms with Gasteiger partial charge in [0.1, 0.15) is 5.69 Å². The summed E-state index contributed by atoms with van der Waals surface area (Å²) < 4.78 is 0. The van der Waals surface area contributed by atoms with Gasteiger partial charge in [-0.1, -0.05) is 0 Å². The van der Waals surface area contributed by atoms with Gasteiger partial charge in [0.2, 0.25) is 0 Å². The van der Waals surface area contributed by atoms with E-state index in [0.29, 0.717) is 13.1 Å². The molecule has 2 aromatic rings. The van der Waals surface area contributed by atoms with Crippen molar-refractivity contribution in [3.63, 3.8) is 0 Å². The Morgan fingerprint density at radius 2 is 2.24 bits per heavy atom. The van der Waals surface area contributed by atoms with E-state index >= 15 is 0 Å². The molecule has 1 fully saturated rings. The summed E-state index contributed by atoms with van der Waals surface area (Å²) in [5.41, 5.74) is 2.19. The summed E-state index contributed by atoms with van der Waals surface area (Å²) in [6, 6.07) is 2.78. The van der Waals surface area contributed by atoms with Gasteiger partial charge < -0.3 is 4.90 Å². The zero-order valence-electron chi connectivity index (χ0n) is 11.8. The lowest BCUT2D eigenvalue weighted by molar-refractivity contribution is 0.0698. The Morgan fingerprint density at radius 3 is 2.90 bits per heavy atom. The molecule has 0 aromatic carbocycles. The second kappa shape index (κ2) is 5.51. The van der Waals surface area contributed by atoms with Gasteiger partial charge in [-0.2, -0.15) is 10.2 Å². The molecule has 0 aliphatic carbocycles. The van der Waals surface area contributed by atoms with Crippen molar-refractivity contribution < 1.29 is 4.79 Å². The van der Waals surface area contributed by atoms with E-state index in [9.17, 15) is 9.59 Å². The van der Waals surface area contributed by atoms with Gasteiger partial charge in [-0.3, -0.25) is 14.7 Å². The highest BCUT2D eigenvalue weighted by Crippen LogP contribution is 2.27. The summed E-state index contributed by atoms with van der Waals surface area (Å²) in [7, 11) is 0. The number of aryl methyl sites for hydroxylation is 1. The third kappa shape index (κ3) is 2.72. The van der Waals surface area contributed by atoms with Crippen LogP contribution in [0.15, 0.2) is 23.1 Å². The van der Waals surface area contributed by atoms with Crippen LogP contribution in [-0.2, 0) is 0 Å². The number of likely N-dealkylation sites (tertiary alicyclic amines) is 1. The molecule has 7 heteroatoms. The highest BCUT2D eigenvalue weighted by Gasteiger charge is 2.27. The highest BCUT2D eigenvalue weighted by molar-refractivity contribution is 5.92. The first-order chi connectivity index (χ1) is 10.1. The fourth-order valence-electron chi connectivity index (χ4n) is 2.79. The van der Waals surface area contributed by atoms with E-state index in [2.05, 4.69) is 20.4 Å². The smallest absolute Gasteiger partial charge is 0.274 e. The Labute approximate surface area is 121 Å². The van der Waals surface area contributed by atoms with E-state index in [-0.39, 0.29) is 23.1 Å². The average Bonchev–Trinajstić information content (AvgIpc) is 2.94. The lowest BCUT2D eigenvalue weighted by atomic mass is 9.93. The van der Waals surface area contributed by atoms with Gasteiger partial charge in [0.15, 0.2) is 0 Å². The minimum atomic E-state index is -0.309. The Hall–Kier alpha value is -2.44. The Morgan fingerprint density at radius 1 is 1.38 bits per heavy atom. The van der Waals surface area contributed by atoms with Gasteiger partial charge in [-0.05, 0) is 31.4 Å². The Bertz CT molecular complexity index is 685. The van der Waals surface area contributed by atoms with E-state index in [1.165, 1.54) is 12.1 Å². The molecule has 0 saturated carbocycles. The van der Waals surface area contributed by atoms with E-state index < -0.39 is 0 Å². The monoisotopic (exact) mass is 287 g/mol. The van der Waals surface area contributed by atoms with Crippen LogP contribution in [0.25, 0.3) is 0 Å². The normalized spacial score (nSPS) is 18.7. The lowest BCUT2D eigenvalue weighted by Gasteiger charge is -2.32. The van der Waals surface area contributed by atoms with Gasteiger partial charge in [0.05, 0.1) is 6.20 Å². The van der Waals surface area contributed by atoms with Crippen molar-refractivity contribution in [2.75, 3.05) is 13.1 Å². The molecular weight excluding hydrogens is 270 g/mol. The van der Waals surface area contributed by atoms with Gasteiger partial charge in [-0.25, -0.2) is 5.10 Å². The fourth-order valence-corrected chi connectivity index (χ4v) is 2.79. The van der Waals surface area contributed by atoms with Crippen molar-refractivity contribution in [3.8, 4) is 0 Å². The lowest BCUT2D eigenvalue weighted by Crippen LogP contribution is -2.40. The number of carbonyl (C=O) groups excluding carboxylic acids is 1. The SMILES string of the molecule is Cc1cn[nH]c1[C@H]1CCCN(C(=O)c2ccc(=O)[nH]n2)C1. The molecule has 1 atom stereocenters. The van der Waals surface area contributed by atoms with Crippen LogP contribution < -0.4 is 5.56 Å². The molecule has 1 aliphatic heterocycles. The first-order valence-electron chi connectivity index (χ1n) is 7.00. The van der Waals surface area contributed by atoms with Gasteiger partial charge >= 0.3 is 0 Å². The topological polar surface area (TPSA) is 94.7 Å². The van der Waals surface area contributed by atoms with E-state index in [0.717, 1.165) is 24.1 Å². The number of hydrogen-bond donors (Lipinski definition) is 2. The van der Waals surface area contributed by atoms with E-state index in [1.807, 2.05) is 6.92 Å². The van der Waals surface area contributed by atoms with Crippen LogP contribution in [0, 0.1) is 6.92 Å². The van der Waals surface area contributed by atoms with Crippen molar-refractivity contribution in [2.24, 2.45) is 0 Å². The summed E-state index contributed by atoms with van der Waals surface area (Å²) in [5, 5.41) is 13.2. The number of aromatic nitrogens is 4. The molecule has 0 spiro atoms. The van der Waals surface area contributed by atoms with Crippen molar-refractivity contribution in [1.82, 2.24) is 25.3 Å². The molecule has 0 bridgehead atoms. The second-order valence-corrected chi connectivity index (χ2v) is 5.36. The zero-order valence-corrected chi connectivity index (χ0v) is 11.8. The van der Waals surface area contributed by atoms with Crippen molar-refractivity contribution >= 4 is 5.91 Å². The molecule has 1 aliphatic rings. The van der Waals surface area contributed by atoms with Crippen LogP contribution in [0.3, 0.4) is 0 Å². The fraction of sp³-hybridized carbons (Fsp3) is 0.429. The van der Waals surface area contributed by atoms with Crippen LogP contribution in [0.1, 0.15) is 40.5 Å². The summed E-state index contributed by atoms with van der Waals surface area (Å²) in [4.78, 5) is 25.2. The number of piperidine rings is 1. The molecule has 7 nitrogen and oxygen atoms in total. The number of rotatable bonds is 2. The largest absolute Gasteiger partial charge is 0.337 e. The van der Waals surface area contributed by atoms with Gasteiger partial charge in [0.25, 0.3) is 11.5 Å². The first kappa shape index (κ1) is 13.5. The molecule has 0 unspecified atom stereocenters. The molecule has 110 valence electrons. The third-order valence-corrected chi connectivity index (χ3v) is 3.88. The maximum Gasteiger partial charge on any atom is 0.274 e. The second-order valence-electron chi connectivity index (χ2n) is 5.36. The molecule has 3 rings (SSSR count). The third-order valence-electron chi connectivity index (χ3n) is 3.88. The van der Waals surface area contributed by atoms with E-state index in [1.54, 1.807) is 11.1 Å². The number of H-pyrrole nitrogens is 2. The molecule has 1 amide bonds. The van der Waals surface area contributed by atoms with Crippen LogP contribution in [0.4, 0.5) is 0 Å². The van der Waals surface area contributed by atoms with Crippen LogP contribution in [0.2, 0.25) is 0 Å². The molecular formula is C14H17N5O2. The maximum atomic E-state index is 12.4. The molecule has 3 heterocycles. The first-order valence-corrected chi connectivity index (χ1v) is 7.00. The Kier molecular flexibility index (Phi) is 3.55. The molecule has 2 aromatic heterocycles. The van der Waals surface area contributed by atoms with Gasteiger partial charge in [-0.15, -0.1) is 0 Å². The number of hydrogen-bond acceptors (Lipinski definition) is 4. The summed E-state index contributed by atoms with van der Waals surface area (Å²) >= 11 is 0. The maximum absolute atomic E-state index is 12.4. The summed E-state index contributed by atoms with van der Waals surface area (Å²) in [6.07, 6.45) is 3.78. The predicted octanol–water partition coefficient (Wildman–Crippen LogP) is 0.821. The minimum Gasteiger partial charge on any atom is -0.337 e. The number of nitrogens with one attached hydrogen (secondary N) is 2. The number of nitrogens with zero attached hydrogens (tertiary/aromatic N) is 3. The number of amides is 1. The minimum absolute atomic E-state index is 0.145.